The standard InChI is InChI=1S/C22H26F4N3O4S2/c1-16-8-9-19(28-12-10-18(11-13-28)27-34(2,30)31)21(20(16)23)29(15-22(24,25)26)35(32,33)14-17-6-4-3-5-7-17/h3-9,18,27H,1,10-15H2,2H3. The van der Waals surface area contributed by atoms with Gasteiger partial charge in [0.25, 0.3) is 0 Å². The largest absolute Gasteiger partial charge is 0.407 e. The third kappa shape index (κ3) is 7.31. The Morgan fingerprint density at radius 3 is 2.20 bits per heavy atom. The molecule has 0 unspecified atom stereocenters. The van der Waals surface area contributed by atoms with Crippen LogP contribution in [0.3, 0.4) is 0 Å². The van der Waals surface area contributed by atoms with E-state index in [0.29, 0.717) is 12.8 Å². The van der Waals surface area contributed by atoms with Crippen LogP contribution in [0.2, 0.25) is 0 Å². The molecule has 0 bridgehead atoms. The second kappa shape index (κ2) is 10.3. The van der Waals surface area contributed by atoms with E-state index in [4.69, 9.17) is 0 Å². The summed E-state index contributed by atoms with van der Waals surface area (Å²) in [5.74, 6) is -1.93. The fraction of sp³-hybridized carbons (Fsp3) is 0.409. The third-order valence-corrected chi connectivity index (χ3v) is 7.93. The van der Waals surface area contributed by atoms with Gasteiger partial charge in [-0.15, -0.1) is 0 Å². The number of alkyl halides is 3. The van der Waals surface area contributed by atoms with Crippen LogP contribution in [0, 0.1) is 12.7 Å². The molecule has 7 nitrogen and oxygen atoms in total. The second-order valence-electron chi connectivity index (χ2n) is 8.42. The Kier molecular flexibility index (Phi) is 8.02. The van der Waals surface area contributed by atoms with E-state index in [1.54, 1.807) is 23.1 Å². The molecule has 0 aromatic heterocycles. The molecule has 35 heavy (non-hydrogen) atoms. The highest BCUT2D eigenvalue weighted by atomic mass is 32.2. The number of anilines is 2. The molecule has 2 aromatic carbocycles. The van der Waals surface area contributed by atoms with E-state index < -0.39 is 56.1 Å². The number of nitrogens with one attached hydrogen (secondary N) is 1. The fourth-order valence-corrected chi connectivity index (χ4v) is 6.38. The zero-order valence-corrected chi connectivity index (χ0v) is 20.6. The lowest BCUT2D eigenvalue weighted by Gasteiger charge is -2.37. The smallest absolute Gasteiger partial charge is 0.370 e. The minimum absolute atomic E-state index is 0.0337. The average Bonchev–Trinajstić information content (AvgIpc) is 2.73. The molecule has 0 atom stereocenters. The van der Waals surface area contributed by atoms with Gasteiger partial charge in [0.15, 0.2) is 5.82 Å². The Morgan fingerprint density at radius 1 is 1.06 bits per heavy atom. The number of benzene rings is 2. The van der Waals surface area contributed by atoms with Gasteiger partial charge in [0, 0.05) is 19.1 Å². The molecule has 1 N–H and O–H groups in total. The predicted molar refractivity (Wildman–Crippen MR) is 127 cm³/mol. The van der Waals surface area contributed by atoms with Gasteiger partial charge in [-0.2, -0.15) is 13.2 Å². The number of rotatable bonds is 8. The van der Waals surface area contributed by atoms with E-state index >= 15 is 4.39 Å². The Morgan fingerprint density at radius 2 is 1.66 bits per heavy atom. The first-order chi connectivity index (χ1) is 16.2. The molecule has 1 saturated heterocycles. The zero-order chi connectivity index (χ0) is 26.0. The van der Waals surface area contributed by atoms with Crippen molar-refractivity contribution in [2.75, 3.05) is 35.1 Å². The van der Waals surface area contributed by atoms with E-state index in [9.17, 15) is 30.0 Å². The van der Waals surface area contributed by atoms with Crippen molar-refractivity contribution in [2.45, 2.75) is 30.8 Å². The topological polar surface area (TPSA) is 86.8 Å². The SMILES string of the molecule is [CH2]c1ccc(N2CCC(NS(C)(=O)=O)CC2)c(N(CC(F)(F)F)S(=O)(=O)Cc2ccccc2)c1F. The molecule has 13 heteroatoms. The Hall–Kier alpha value is -2.38. The summed E-state index contributed by atoms with van der Waals surface area (Å²) in [6.45, 7) is 1.93. The summed E-state index contributed by atoms with van der Waals surface area (Å²) in [6.07, 6.45) is -3.32. The van der Waals surface area contributed by atoms with Crippen LogP contribution in [0.5, 0.6) is 0 Å². The number of halogens is 4. The minimum atomic E-state index is -4.95. The number of piperidine rings is 1. The Labute approximate surface area is 202 Å². The molecule has 1 aliphatic rings. The van der Waals surface area contributed by atoms with Gasteiger partial charge in [-0.25, -0.2) is 25.9 Å². The van der Waals surface area contributed by atoms with Crippen molar-refractivity contribution >= 4 is 31.4 Å². The summed E-state index contributed by atoms with van der Waals surface area (Å²) in [6, 6.07) is 9.87. The van der Waals surface area contributed by atoms with Crippen LogP contribution in [0.15, 0.2) is 42.5 Å². The second-order valence-corrected chi connectivity index (χ2v) is 12.1. The first-order valence-electron chi connectivity index (χ1n) is 10.6. The van der Waals surface area contributed by atoms with Crippen LogP contribution in [-0.4, -0.2) is 54.9 Å². The number of hydrogen-bond acceptors (Lipinski definition) is 5. The molecule has 3 rings (SSSR count). The predicted octanol–water partition coefficient (Wildman–Crippen LogP) is 3.42. The molecular weight excluding hydrogens is 510 g/mol. The highest BCUT2D eigenvalue weighted by molar-refractivity contribution is 7.92. The first-order valence-corrected chi connectivity index (χ1v) is 14.1. The van der Waals surface area contributed by atoms with Crippen LogP contribution in [0.1, 0.15) is 24.0 Å². The lowest BCUT2D eigenvalue weighted by Crippen LogP contribution is -2.46. The van der Waals surface area contributed by atoms with Gasteiger partial charge >= 0.3 is 6.18 Å². The summed E-state index contributed by atoms with van der Waals surface area (Å²) < 4.78 is 108. The summed E-state index contributed by atoms with van der Waals surface area (Å²) in [5, 5.41) is 0. The van der Waals surface area contributed by atoms with Gasteiger partial charge in [-0.1, -0.05) is 36.4 Å². The van der Waals surface area contributed by atoms with Crippen LogP contribution in [0.25, 0.3) is 0 Å². The monoisotopic (exact) mass is 536 g/mol. The van der Waals surface area contributed by atoms with Gasteiger partial charge < -0.3 is 4.90 Å². The van der Waals surface area contributed by atoms with Gasteiger partial charge in [-0.3, -0.25) is 4.31 Å². The van der Waals surface area contributed by atoms with E-state index in [1.165, 1.54) is 24.3 Å². The van der Waals surface area contributed by atoms with Crippen molar-refractivity contribution in [1.82, 2.24) is 4.72 Å². The lowest BCUT2D eigenvalue weighted by molar-refractivity contribution is -0.117. The van der Waals surface area contributed by atoms with Crippen LogP contribution >= 0.6 is 0 Å². The molecule has 1 aliphatic heterocycles. The summed E-state index contributed by atoms with van der Waals surface area (Å²) >= 11 is 0. The molecule has 1 radical (unpaired) electrons. The van der Waals surface area contributed by atoms with Gasteiger partial charge in [-0.05, 0) is 37.0 Å². The maximum atomic E-state index is 15.4. The molecule has 0 spiro atoms. The molecular formula is C22H26F4N3O4S2. The van der Waals surface area contributed by atoms with Crippen LogP contribution in [-0.2, 0) is 25.8 Å². The maximum absolute atomic E-state index is 15.4. The van der Waals surface area contributed by atoms with E-state index in [1.807, 2.05) is 0 Å². The van der Waals surface area contributed by atoms with Crippen LogP contribution < -0.4 is 13.9 Å². The first kappa shape index (κ1) is 27.2. The Bertz CT molecular complexity index is 1250. The number of hydrogen-bond donors (Lipinski definition) is 1. The lowest BCUT2D eigenvalue weighted by atomic mass is 10.0. The van der Waals surface area contributed by atoms with E-state index in [2.05, 4.69) is 11.6 Å². The number of nitrogens with zero attached hydrogens (tertiary/aromatic N) is 2. The number of sulfonamides is 2. The highest BCUT2D eigenvalue weighted by Gasteiger charge is 2.40. The van der Waals surface area contributed by atoms with Crippen molar-refractivity contribution in [3.05, 3.63) is 66.3 Å². The molecule has 1 fully saturated rings. The molecule has 1 heterocycles. The van der Waals surface area contributed by atoms with Crippen molar-refractivity contribution in [3.63, 3.8) is 0 Å². The molecule has 2 aromatic rings. The van der Waals surface area contributed by atoms with E-state index in [0.717, 1.165) is 6.26 Å². The van der Waals surface area contributed by atoms with Crippen molar-refractivity contribution < 1.29 is 34.4 Å². The normalized spacial score (nSPS) is 15.9. The summed E-state index contributed by atoms with van der Waals surface area (Å²) in [5.41, 5.74) is -0.756. The highest BCUT2D eigenvalue weighted by Crippen LogP contribution is 2.39. The van der Waals surface area contributed by atoms with Crippen molar-refractivity contribution in [3.8, 4) is 0 Å². The van der Waals surface area contributed by atoms with E-state index in [-0.39, 0.29) is 34.2 Å². The third-order valence-electron chi connectivity index (χ3n) is 5.49. The average molecular weight is 537 g/mol. The fourth-order valence-electron chi connectivity index (χ4n) is 3.97. The summed E-state index contributed by atoms with van der Waals surface area (Å²) in [7, 11) is -8.13. The Balaban J connectivity index is 2.03. The van der Waals surface area contributed by atoms with Gasteiger partial charge in [0.1, 0.15) is 12.2 Å². The molecule has 193 valence electrons. The van der Waals surface area contributed by atoms with Crippen molar-refractivity contribution in [1.29, 1.82) is 0 Å². The molecule has 0 amide bonds. The molecule has 0 saturated carbocycles. The minimum Gasteiger partial charge on any atom is -0.370 e. The quantitative estimate of drug-likeness (QED) is 0.523. The summed E-state index contributed by atoms with van der Waals surface area (Å²) in [4.78, 5) is 1.56. The van der Waals surface area contributed by atoms with Gasteiger partial charge in [0.05, 0.1) is 17.7 Å². The van der Waals surface area contributed by atoms with Crippen LogP contribution in [0.4, 0.5) is 28.9 Å². The van der Waals surface area contributed by atoms with Gasteiger partial charge in [0.2, 0.25) is 20.0 Å². The maximum Gasteiger partial charge on any atom is 0.407 e. The zero-order valence-electron chi connectivity index (χ0n) is 18.9. The molecule has 0 aliphatic carbocycles. The van der Waals surface area contributed by atoms with Crippen molar-refractivity contribution in [2.24, 2.45) is 0 Å².